The van der Waals surface area contributed by atoms with Crippen LogP contribution in [0.4, 0.5) is 10.2 Å². The molecular weight excluding hydrogens is 752 g/mol. The van der Waals surface area contributed by atoms with E-state index >= 15 is 4.39 Å². The number of H-pyrrole nitrogens is 1. The van der Waals surface area contributed by atoms with E-state index in [1.165, 1.54) is 6.07 Å². The zero-order valence-electron chi connectivity index (χ0n) is 33.8. The summed E-state index contributed by atoms with van der Waals surface area (Å²) < 4.78 is 20.3. The summed E-state index contributed by atoms with van der Waals surface area (Å²) in [6.45, 7) is 13.9. The summed E-state index contributed by atoms with van der Waals surface area (Å²) in [7, 11) is 0. The molecule has 2 aliphatic heterocycles. The van der Waals surface area contributed by atoms with Crippen molar-refractivity contribution < 1.29 is 23.3 Å². The Morgan fingerprint density at radius 3 is 2.46 bits per heavy atom. The van der Waals surface area contributed by atoms with Gasteiger partial charge in [-0.2, -0.15) is 10.1 Å². The number of anilines is 1. The predicted octanol–water partition coefficient (Wildman–Crippen LogP) is 6.19. The number of pyridine rings is 2. The maximum absolute atomic E-state index is 15.0. The van der Waals surface area contributed by atoms with Gasteiger partial charge in [0.25, 0.3) is 11.7 Å². The Morgan fingerprint density at radius 1 is 0.983 bits per heavy atom. The number of rotatable bonds is 10. The number of amides is 3. The van der Waals surface area contributed by atoms with Crippen LogP contribution in [-0.4, -0.2) is 85.7 Å². The summed E-state index contributed by atoms with van der Waals surface area (Å²) in [5.74, 6) is -0.844. The number of hydrogen-bond acceptors (Lipinski definition) is 11. The van der Waals surface area contributed by atoms with Crippen LogP contribution in [0.25, 0.3) is 33.4 Å². The van der Waals surface area contributed by atoms with Crippen LogP contribution in [0.3, 0.4) is 0 Å². The minimum Gasteiger partial charge on any atom is -0.354 e. The first-order valence-corrected chi connectivity index (χ1v) is 20.0. The molecule has 59 heavy (non-hydrogen) atoms. The number of aromatic nitrogens is 6. The molecule has 0 spiro atoms. The van der Waals surface area contributed by atoms with E-state index < -0.39 is 23.5 Å². The highest BCUT2D eigenvalue weighted by molar-refractivity contribution is 6.01. The monoisotopic (exact) mass is 798 g/mol. The standard InChI is InChI=1S/C44H47FN10O4/c1-25-20-28(7-10-31(25)26(2)48-42(58)40-50-43(59-53-40)44(3,4)5)38-34-22-30(24-47-39(34)52-51-38)29-8-12-36(46-23-29)55-18-16-54(17-19-55)15-14-27-6-9-32(35(45)21-27)33-11-13-37(56)49-41(33)57/h6-10,12,20-24,26,33H,11,13-19H2,1-5H3,(H,48,58)(H,47,51,52)(H,49,56,57). The number of aromatic amines is 1. The second-order valence-corrected chi connectivity index (χ2v) is 16.5. The van der Waals surface area contributed by atoms with Crippen molar-refractivity contribution in [3.05, 3.63) is 107 Å². The number of piperazine rings is 1. The van der Waals surface area contributed by atoms with E-state index in [0.29, 0.717) is 29.9 Å². The summed E-state index contributed by atoms with van der Waals surface area (Å²) in [5.41, 5.74) is 7.07. The molecule has 2 fully saturated rings. The Kier molecular flexibility index (Phi) is 10.8. The maximum Gasteiger partial charge on any atom is 0.293 e. The van der Waals surface area contributed by atoms with E-state index in [2.05, 4.69) is 64.0 Å². The first-order valence-electron chi connectivity index (χ1n) is 20.0. The van der Waals surface area contributed by atoms with E-state index in [4.69, 9.17) is 9.51 Å². The topological polar surface area (TPSA) is 175 Å². The molecule has 6 heterocycles. The minimum absolute atomic E-state index is 0.00758. The van der Waals surface area contributed by atoms with E-state index in [1.54, 1.807) is 6.07 Å². The SMILES string of the molecule is Cc1cc(-c2n[nH]c3ncc(-c4ccc(N5CCN(CCc6ccc(C7CCC(=O)NC7=O)c(F)c6)CC5)nc4)cc23)ccc1C(C)NC(=O)c1noc(C(C)(C)C)n1. The van der Waals surface area contributed by atoms with Crippen molar-refractivity contribution in [3.8, 4) is 22.4 Å². The number of imide groups is 1. The summed E-state index contributed by atoms with van der Waals surface area (Å²) in [6.07, 6.45) is 4.94. The molecule has 2 unspecified atom stereocenters. The van der Waals surface area contributed by atoms with Gasteiger partial charge in [-0.15, -0.1) is 0 Å². The number of benzene rings is 2. The number of aryl methyl sites for hydroxylation is 1. The van der Waals surface area contributed by atoms with Gasteiger partial charge in [-0.05, 0) is 73.7 Å². The van der Waals surface area contributed by atoms with Crippen LogP contribution in [-0.2, 0) is 21.4 Å². The molecule has 0 radical (unpaired) electrons. The van der Waals surface area contributed by atoms with Crippen LogP contribution >= 0.6 is 0 Å². The first kappa shape index (κ1) is 39.5. The Balaban J connectivity index is 0.870. The van der Waals surface area contributed by atoms with Crippen molar-refractivity contribution in [2.45, 2.75) is 71.3 Å². The highest BCUT2D eigenvalue weighted by Crippen LogP contribution is 2.32. The summed E-state index contributed by atoms with van der Waals surface area (Å²) in [6, 6.07) is 17.0. The van der Waals surface area contributed by atoms with Gasteiger partial charge < -0.3 is 14.7 Å². The molecule has 0 saturated carbocycles. The average Bonchev–Trinajstić information content (AvgIpc) is 3.90. The Morgan fingerprint density at radius 2 is 1.76 bits per heavy atom. The van der Waals surface area contributed by atoms with Gasteiger partial charge in [0.05, 0.1) is 12.0 Å². The molecule has 304 valence electrons. The van der Waals surface area contributed by atoms with Gasteiger partial charge in [0, 0.05) is 84.6 Å². The van der Waals surface area contributed by atoms with Gasteiger partial charge in [0.15, 0.2) is 5.65 Å². The molecule has 0 bridgehead atoms. The number of carbonyl (C=O) groups is 3. The normalized spacial score (nSPS) is 17.0. The number of nitrogens with one attached hydrogen (secondary N) is 3. The van der Waals surface area contributed by atoms with Gasteiger partial charge in [-0.25, -0.2) is 14.4 Å². The number of halogens is 1. The molecule has 2 saturated heterocycles. The zero-order valence-corrected chi connectivity index (χ0v) is 33.8. The van der Waals surface area contributed by atoms with Crippen molar-refractivity contribution in [1.82, 2.24) is 45.8 Å². The summed E-state index contributed by atoms with van der Waals surface area (Å²) >= 11 is 0. The van der Waals surface area contributed by atoms with E-state index in [-0.39, 0.29) is 29.6 Å². The third kappa shape index (κ3) is 8.46. The summed E-state index contributed by atoms with van der Waals surface area (Å²) in [4.78, 5) is 55.1. The Labute approximate surface area is 341 Å². The third-order valence-corrected chi connectivity index (χ3v) is 11.2. The van der Waals surface area contributed by atoms with E-state index in [1.807, 2.05) is 71.3 Å². The van der Waals surface area contributed by atoms with E-state index in [9.17, 15) is 14.4 Å². The number of hydrogen-bond donors (Lipinski definition) is 3. The number of nitrogens with zero attached hydrogens (tertiary/aromatic N) is 7. The van der Waals surface area contributed by atoms with Gasteiger partial charge in [-0.1, -0.05) is 50.2 Å². The lowest BCUT2D eigenvalue weighted by Gasteiger charge is -2.35. The van der Waals surface area contributed by atoms with Crippen molar-refractivity contribution in [2.75, 3.05) is 37.6 Å². The first-order chi connectivity index (χ1) is 28.3. The fraction of sp³-hybridized carbons (Fsp3) is 0.364. The fourth-order valence-electron chi connectivity index (χ4n) is 7.78. The van der Waals surface area contributed by atoms with Gasteiger partial charge >= 0.3 is 0 Å². The predicted molar refractivity (Wildman–Crippen MR) is 220 cm³/mol. The smallest absolute Gasteiger partial charge is 0.293 e. The molecule has 14 nitrogen and oxygen atoms in total. The molecule has 6 aromatic rings. The fourth-order valence-corrected chi connectivity index (χ4v) is 7.78. The lowest BCUT2D eigenvalue weighted by Crippen LogP contribution is -2.47. The quantitative estimate of drug-likeness (QED) is 0.135. The zero-order chi connectivity index (χ0) is 41.4. The number of piperidine rings is 1. The highest BCUT2D eigenvalue weighted by atomic mass is 19.1. The van der Waals surface area contributed by atoms with Crippen molar-refractivity contribution in [1.29, 1.82) is 0 Å². The number of fused-ring (bicyclic) bond motifs is 1. The Bertz CT molecular complexity index is 2540. The van der Waals surface area contributed by atoms with Crippen molar-refractivity contribution >= 4 is 34.6 Å². The number of carbonyl (C=O) groups excluding carboxylic acids is 3. The van der Waals surface area contributed by atoms with Crippen LogP contribution in [0.1, 0.15) is 91.3 Å². The largest absolute Gasteiger partial charge is 0.354 e. The molecule has 15 heteroatoms. The van der Waals surface area contributed by atoms with Crippen LogP contribution < -0.4 is 15.5 Å². The van der Waals surface area contributed by atoms with Gasteiger partial charge in [0.2, 0.25) is 17.7 Å². The molecule has 8 rings (SSSR count). The lowest BCUT2D eigenvalue weighted by molar-refractivity contribution is -0.134. The molecular formula is C44H47FN10O4. The van der Waals surface area contributed by atoms with Gasteiger partial charge in [-0.3, -0.25) is 29.7 Å². The molecule has 3 amide bonds. The lowest BCUT2D eigenvalue weighted by atomic mass is 9.89. The van der Waals surface area contributed by atoms with Crippen LogP contribution in [0.15, 0.2) is 71.5 Å². The highest BCUT2D eigenvalue weighted by Gasteiger charge is 2.30. The second-order valence-electron chi connectivity index (χ2n) is 16.5. The third-order valence-electron chi connectivity index (χ3n) is 11.2. The summed E-state index contributed by atoms with van der Waals surface area (Å²) in [5, 5.41) is 17.7. The Hall–Kier alpha value is -6.35. The molecule has 4 aromatic heterocycles. The average molecular weight is 799 g/mol. The molecule has 2 aromatic carbocycles. The molecule has 0 aliphatic carbocycles. The van der Waals surface area contributed by atoms with Crippen molar-refractivity contribution in [3.63, 3.8) is 0 Å². The van der Waals surface area contributed by atoms with Gasteiger partial charge in [0.1, 0.15) is 17.3 Å². The van der Waals surface area contributed by atoms with Crippen molar-refractivity contribution in [2.24, 2.45) is 0 Å². The maximum atomic E-state index is 15.0. The van der Waals surface area contributed by atoms with Crippen LogP contribution in [0, 0.1) is 12.7 Å². The minimum atomic E-state index is -0.630. The molecule has 2 atom stereocenters. The van der Waals surface area contributed by atoms with Crippen LogP contribution in [0.5, 0.6) is 0 Å². The second kappa shape index (κ2) is 16.1. The molecule has 2 aliphatic rings. The van der Waals surface area contributed by atoms with E-state index in [0.717, 1.165) is 83.0 Å². The van der Waals surface area contributed by atoms with Crippen LogP contribution in [0.2, 0.25) is 0 Å². The molecule has 3 N–H and O–H groups in total.